The summed E-state index contributed by atoms with van der Waals surface area (Å²) in [5, 5.41) is 5.02. The SMILES string of the molecule is COC(=O)NCCC(=O)Pc1ncc(-c2cc3c4c(c2)OCc2cc(-c5ccc6nc(PC(=O)CCNC(=O)OC)[nH]c6c5)cc(c2-4)OC3)[nH]1. The zero-order chi connectivity index (χ0) is 34.8. The Hall–Kier alpha value is -5.32. The van der Waals surface area contributed by atoms with Crippen molar-refractivity contribution >= 4 is 62.6 Å². The number of aromatic nitrogens is 4. The number of fused-ring (bicyclic) bond motifs is 1. The van der Waals surface area contributed by atoms with Crippen molar-refractivity contribution < 1.29 is 38.1 Å². The summed E-state index contributed by atoms with van der Waals surface area (Å²) >= 11 is 0. The van der Waals surface area contributed by atoms with Crippen LogP contribution in [0.3, 0.4) is 0 Å². The summed E-state index contributed by atoms with van der Waals surface area (Å²) in [5.41, 5.74) is 10.3. The van der Waals surface area contributed by atoms with E-state index in [-0.39, 0.29) is 54.1 Å². The molecule has 14 nitrogen and oxygen atoms in total. The molecule has 0 bridgehead atoms. The minimum Gasteiger partial charge on any atom is -0.488 e. The van der Waals surface area contributed by atoms with Gasteiger partial charge in [-0.05, 0) is 47.5 Å². The Balaban J connectivity index is 1.07. The van der Waals surface area contributed by atoms with Crippen LogP contribution in [0.4, 0.5) is 9.59 Å². The molecule has 7 rings (SSSR count). The fraction of sp³-hybridized carbons (Fsp3) is 0.235. The molecule has 4 heterocycles. The minimum absolute atomic E-state index is 0.0250. The maximum atomic E-state index is 12.4. The summed E-state index contributed by atoms with van der Waals surface area (Å²) < 4.78 is 21.7. The maximum Gasteiger partial charge on any atom is 0.406 e. The molecule has 2 aliphatic rings. The first-order chi connectivity index (χ1) is 24.3. The van der Waals surface area contributed by atoms with Gasteiger partial charge in [-0.2, -0.15) is 0 Å². The molecule has 50 heavy (non-hydrogen) atoms. The van der Waals surface area contributed by atoms with Crippen molar-refractivity contribution in [1.29, 1.82) is 0 Å². The van der Waals surface area contributed by atoms with Gasteiger partial charge in [0, 0.05) is 70.9 Å². The van der Waals surface area contributed by atoms with E-state index in [1.807, 2.05) is 30.3 Å². The summed E-state index contributed by atoms with van der Waals surface area (Å²) in [6, 6.07) is 14.1. The zero-order valence-electron chi connectivity index (χ0n) is 27.0. The Morgan fingerprint density at radius 3 is 2.00 bits per heavy atom. The molecule has 0 radical (unpaired) electrons. The number of nitrogens with zero attached hydrogens (tertiary/aromatic N) is 2. The van der Waals surface area contributed by atoms with Crippen molar-refractivity contribution in [3.8, 4) is 45.0 Å². The number of hydrogen-bond donors (Lipinski definition) is 4. The lowest BCUT2D eigenvalue weighted by molar-refractivity contribution is -0.111. The van der Waals surface area contributed by atoms with Crippen LogP contribution in [0.15, 0.2) is 48.7 Å². The Morgan fingerprint density at radius 2 is 1.36 bits per heavy atom. The molecule has 0 saturated heterocycles. The zero-order valence-corrected chi connectivity index (χ0v) is 29.0. The van der Waals surface area contributed by atoms with E-state index in [4.69, 9.17) is 9.47 Å². The van der Waals surface area contributed by atoms with Gasteiger partial charge < -0.3 is 39.5 Å². The van der Waals surface area contributed by atoms with Gasteiger partial charge in [-0.15, -0.1) is 0 Å². The molecule has 5 aromatic rings. The normalized spacial score (nSPS) is 12.8. The maximum absolute atomic E-state index is 12.4. The first kappa shape index (κ1) is 33.2. The number of carbonyl (C=O) groups excluding carboxylic acids is 4. The molecule has 2 unspecified atom stereocenters. The third kappa shape index (κ3) is 7.03. The highest BCUT2D eigenvalue weighted by atomic mass is 31.1. The van der Waals surface area contributed by atoms with E-state index in [1.165, 1.54) is 14.2 Å². The summed E-state index contributed by atoms with van der Waals surface area (Å²) in [5.74, 6) is 1.54. The molecule has 4 N–H and O–H groups in total. The summed E-state index contributed by atoms with van der Waals surface area (Å²) in [6.07, 6.45) is 0.939. The number of alkyl carbamates (subject to hydrolysis) is 2. The molecule has 0 saturated carbocycles. The molecule has 2 aliphatic heterocycles. The van der Waals surface area contributed by atoms with Gasteiger partial charge >= 0.3 is 12.2 Å². The van der Waals surface area contributed by atoms with Crippen molar-refractivity contribution in [3.63, 3.8) is 0 Å². The predicted molar refractivity (Wildman–Crippen MR) is 189 cm³/mol. The summed E-state index contributed by atoms with van der Waals surface area (Å²) in [4.78, 5) is 62.8. The molecular formula is C34H32N6O8P2. The Labute approximate surface area is 289 Å². The van der Waals surface area contributed by atoms with Gasteiger partial charge in [0.15, 0.2) is 11.0 Å². The Bertz CT molecular complexity index is 2110. The second-order valence-electron chi connectivity index (χ2n) is 11.5. The minimum atomic E-state index is -0.571. The standard InChI is InChI=1S/C34H32N6O8P2/c1-45-33(43)35-7-5-27(41)49-31-37-14-24(40-31)19-10-21-16-47-25-12-18(9-20-15-48-26(13-19)30(21)29(20)25)17-3-4-22-23(11-17)39-32(38-22)50-28(42)6-8-36-34(44)46-2/h3-4,9-14,49-50H,5-8,15-16H2,1-2H3,(H,35,43)(H,36,44)(H,37,40)(H,38,39). The number of amides is 2. The first-order valence-corrected chi connectivity index (χ1v) is 17.7. The van der Waals surface area contributed by atoms with Gasteiger partial charge in [-0.25, -0.2) is 19.6 Å². The van der Waals surface area contributed by atoms with Crippen molar-refractivity contribution in [2.45, 2.75) is 26.1 Å². The second kappa shape index (κ2) is 14.3. The van der Waals surface area contributed by atoms with E-state index in [1.54, 1.807) is 6.20 Å². The van der Waals surface area contributed by atoms with E-state index >= 15 is 0 Å². The van der Waals surface area contributed by atoms with Crippen molar-refractivity contribution in [2.75, 3.05) is 27.3 Å². The highest BCUT2D eigenvalue weighted by molar-refractivity contribution is 7.65. The third-order valence-corrected chi connectivity index (χ3v) is 10.2. The number of imidazole rings is 2. The molecule has 16 heteroatoms. The van der Waals surface area contributed by atoms with E-state index < -0.39 is 12.2 Å². The Kier molecular flexibility index (Phi) is 9.47. The van der Waals surface area contributed by atoms with Gasteiger partial charge in [-0.1, -0.05) is 6.07 Å². The number of rotatable bonds is 12. The number of carbonyl (C=O) groups is 4. The largest absolute Gasteiger partial charge is 0.488 e. The fourth-order valence-electron chi connectivity index (χ4n) is 5.87. The third-order valence-electron chi connectivity index (χ3n) is 8.22. The number of ether oxygens (including phenoxy) is 4. The van der Waals surface area contributed by atoms with Crippen LogP contribution in [0, 0.1) is 0 Å². The van der Waals surface area contributed by atoms with Gasteiger partial charge in [0.05, 0.1) is 37.1 Å². The predicted octanol–water partition coefficient (Wildman–Crippen LogP) is 4.22. The number of hydrogen-bond acceptors (Lipinski definition) is 10. The number of nitrogens with one attached hydrogen (secondary N) is 4. The molecule has 2 atom stereocenters. The van der Waals surface area contributed by atoms with Crippen LogP contribution in [-0.2, 0) is 32.3 Å². The average molecular weight is 715 g/mol. The molecule has 0 fully saturated rings. The van der Waals surface area contributed by atoms with Crippen LogP contribution in [0.2, 0.25) is 0 Å². The van der Waals surface area contributed by atoms with Crippen LogP contribution < -0.4 is 31.2 Å². The van der Waals surface area contributed by atoms with Crippen LogP contribution in [0.5, 0.6) is 11.5 Å². The molecule has 2 aromatic heterocycles. The van der Waals surface area contributed by atoms with Gasteiger partial charge in [0.1, 0.15) is 35.8 Å². The highest BCUT2D eigenvalue weighted by Crippen LogP contribution is 2.50. The quantitative estimate of drug-likeness (QED) is 0.136. The van der Waals surface area contributed by atoms with E-state index in [0.717, 1.165) is 67.2 Å². The van der Waals surface area contributed by atoms with Crippen LogP contribution in [0.25, 0.3) is 44.5 Å². The average Bonchev–Trinajstić information content (AvgIpc) is 3.76. The highest BCUT2D eigenvalue weighted by Gasteiger charge is 2.30. The smallest absolute Gasteiger partial charge is 0.406 e. The molecule has 2 amide bonds. The summed E-state index contributed by atoms with van der Waals surface area (Å²) in [7, 11) is 2.22. The van der Waals surface area contributed by atoms with E-state index in [0.29, 0.717) is 24.3 Å². The van der Waals surface area contributed by atoms with Crippen LogP contribution in [-0.4, -0.2) is 70.5 Å². The Morgan fingerprint density at radius 1 is 0.760 bits per heavy atom. The molecule has 0 spiro atoms. The number of aromatic amines is 2. The molecule has 256 valence electrons. The van der Waals surface area contributed by atoms with E-state index in [9.17, 15) is 19.2 Å². The first-order valence-electron chi connectivity index (χ1n) is 15.7. The van der Waals surface area contributed by atoms with Crippen molar-refractivity contribution in [1.82, 2.24) is 30.6 Å². The van der Waals surface area contributed by atoms with E-state index in [2.05, 4.69) is 52.2 Å². The monoisotopic (exact) mass is 714 g/mol. The van der Waals surface area contributed by atoms with Crippen LogP contribution in [0.1, 0.15) is 24.0 Å². The lowest BCUT2D eigenvalue weighted by atomic mass is 9.87. The van der Waals surface area contributed by atoms with Gasteiger partial charge in [-0.3, -0.25) is 9.59 Å². The topological polar surface area (TPSA) is 187 Å². The fourth-order valence-corrected chi connectivity index (χ4v) is 7.60. The van der Waals surface area contributed by atoms with Crippen LogP contribution >= 0.6 is 17.2 Å². The molecule has 0 aliphatic carbocycles. The number of H-pyrrole nitrogens is 2. The molecular weight excluding hydrogens is 682 g/mol. The van der Waals surface area contributed by atoms with Gasteiger partial charge in [0.25, 0.3) is 0 Å². The lowest BCUT2D eigenvalue weighted by Crippen LogP contribution is -2.25. The number of benzene rings is 3. The summed E-state index contributed by atoms with van der Waals surface area (Å²) in [6.45, 7) is 1.13. The van der Waals surface area contributed by atoms with Gasteiger partial charge in [0.2, 0.25) is 0 Å². The number of methoxy groups -OCH3 is 2. The van der Waals surface area contributed by atoms with Crippen molar-refractivity contribution in [2.24, 2.45) is 0 Å². The second-order valence-corrected chi connectivity index (χ2v) is 14.1. The lowest BCUT2D eigenvalue weighted by Gasteiger charge is -2.30. The molecule has 3 aromatic carbocycles. The van der Waals surface area contributed by atoms with Crippen molar-refractivity contribution in [3.05, 3.63) is 59.8 Å².